The van der Waals surface area contributed by atoms with Gasteiger partial charge in [-0.3, -0.25) is 0 Å². The van der Waals surface area contributed by atoms with Crippen molar-refractivity contribution >= 4 is 5.69 Å². The zero-order chi connectivity index (χ0) is 13.8. The lowest BCUT2D eigenvalue weighted by molar-refractivity contribution is 0.328. The van der Waals surface area contributed by atoms with Gasteiger partial charge in [-0.2, -0.15) is 0 Å². The van der Waals surface area contributed by atoms with Crippen LogP contribution in [0.3, 0.4) is 0 Å². The predicted octanol–water partition coefficient (Wildman–Crippen LogP) is 2.03. The van der Waals surface area contributed by atoms with E-state index >= 15 is 0 Å². The summed E-state index contributed by atoms with van der Waals surface area (Å²) in [7, 11) is 4.28. The summed E-state index contributed by atoms with van der Waals surface area (Å²) in [5.74, 6) is 0. The Morgan fingerprint density at radius 2 is 2.05 bits per heavy atom. The third kappa shape index (κ3) is 3.48. The molecule has 1 N–H and O–H groups in total. The molecule has 2 rings (SSSR count). The molecule has 1 aromatic rings. The van der Waals surface area contributed by atoms with Crippen LogP contribution in [0.25, 0.3) is 0 Å². The van der Waals surface area contributed by atoms with Crippen molar-refractivity contribution in [1.29, 1.82) is 0 Å². The van der Waals surface area contributed by atoms with E-state index in [2.05, 4.69) is 54.2 Å². The standard InChI is InChI=1S/C16H27N3/c1-13-6-7-14(2)16(10-13)19-9-5-8-18(4)12-15(19)11-17-3/h6-7,10,15,17H,5,8-9,11-12H2,1-4H3. The van der Waals surface area contributed by atoms with Crippen LogP contribution < -0.4 is 10.2 Å². The molecule has 1 aromatic carbocycles. The molecule has 106 valence electrons. The number of nitrogens with one attached hydrogen (secondary N) is 1. The molecule has 0 radical (unpaired) electrons. The van der Waals surface area contributed by atoms with Gasteiger partial charge in [0.25, 0.3) is 0 Å². The summed E-state index contributed by atoms with van der Waals surface area (Å²) in [5, 5.41) is 3.35. The zero-order valence-electron chi connectivity index (χ0n) is 12.7. The van der Waals surface area contributed by atoms with Gasteiger partial charge in [0.15, 0.2) is 0 Å². The molecule has 3 nitrogen and oxygen atoms in total. The molecule has 1 unspecified atom stereocenters. The maximum Gasteiger partial charge on any atom is 0.0541 e. The monoisotopic (exact) mass is 261 g/mol. The molecule has 0 amide bonds. The van der Waals surface area contributed by atoms with Crippen LogP contribution in [0, 0.1) is 13.8 Å². The van der Waals surface area contributed by atoms with Crippen molar-refractivity contribution in [2.45, 2.75) is 26.3 Å². The summed E-state index contributed by atoms with van der Waals surface area (Å²) in [5.41, 5.74) is 4.15. The molecule has 1 saturated heterocycles. The summed E-state index contributed by atoms with van der Waals surface area (Å²) >= 11 is 0. The number of nitrogens with zero attached hydrogens (tertiary/aromatic N) is 2. The first-order valence-corrected chi connectivity index (χ1v) is 7.29. The minimum atomic E-state index is 0.554. The second-order valence-electron chi connectivity index (χ2n) is 5.81. The second-order valence-corrected chi connectivity index (χ2v) is 5.81. The van der Waals surface area contributed by atoms with Crippen molar-refractivity contribution in [3.63, 3.8) is 0 Å². The molecule has 3 heteroatoms. The van der Waals surface area contributed by atoms with Crippen LogP contribution in [0.4, 0.5) is 5.69 Å². The summed E-state index contributed by atoms with van der Waals surface area (Å²) in [6.07, 6.45) is 1.24. The fourth-order valence-electron chi connectivity index (χ4n) is 3.00. The average Bonchev–Trinajstić information content (AvgIpc) is 2.55. The second kappa shape index (κ2) is 6.40. The third-order valence-electron chi connectivity index (χ3n) is 4.02. The van der Waals surface area contributed by atoms with Gasteiger partial charge in [-0.15, -0.1) is 0 Å². The third-order valence-corrected chi connectivity index (χ3v) is 4.02. The predicted molar refractivity (Wildman–Crippen MR) is 83.1 cm³/mol. The number of rotatable bonds is 3. The van der Waals surface area contributed by atoms with Crippen LogP contribution in [0.5, 0.6) is 0 Å². The molecule has 0 spiro atoms. The van der Waals surface area contributed by atoms with Gasteiger partial charge < -0.3 is 15.1 Å². The van der Waals surface area contributed by atoms with E-state index in [1.54, 1.807) is 0 Å². The minimum Gasteiger partial charge on any atom is -0.366 e. The van der Waals surface area contributed by atoms with Crippen LogP contribution in [-0.2, 0) is 0 Å². The van der Waals surface area contributed by atoms with E-state index in [0.717, 1.165) is 19.6 Å². The van der Waals surface area contributed by atoms with E-state index in [-0.39, 0.29) is 0 Å². The molecule has 0 bridgehead atoms. The van der Waals surface area contributed by atoms with Crippen LogP contribution in [0.2, 0.25) is 0 Å². The Labute approximate surface area is 117 Å². The van der Waals surface area contributed by atoms with Gasteiger partial charge in [-0.25, -0.2) is 0 Å². The summed E-state index contributed by atoms with van der Waals surface area (Å²) in [4.78, 5) is 5.05. The summed E-state index contributed by atoms with van der Waals surface area (Å²) in [6, 6.07) is 7.34. The largest absolute Gasteiger partial charge is 0.366 e. The maximum atomic E-state index is 3.35. The highest BCUT2D eigenvalue weighted by Crippen LogP contribution is 2.25. The van der Waals surface area contributed by atoms with Gasteiger partial charge >= 0.3 is 0 Å². The molecule has 1 atom stereocenters. The number of hydrogen-bond donors (Lipinski definition) is 1. The SMILES string of the molecule is CNCC1CN(C)CCCN1c1cc(C)ccc1C. The smallest absolute Gasteiger partial charge is 0.0541 e. The van der Waals surface area contributed by atoms with E-state index in [1.165, 1.54) is 29.8 Å². The van der Waals surface area contributed by atoms with E-state index in [9.17, 15) is 0 Å². The Balaban J connectivity index is 2.29. The van der Waals surface area contributed by atoms with Gasteiger partial charge in [-0.1, -0.05) is 12.1 Å². The van der Waals surface area contributed by atoms with E-state index in [0.29, 0.717) is 6.04 Å². The minimum absolute atomic E-state index is 0.554. The van der Waals surface area contributed by atoms with E-state index < -0.39 is 0 Å². The van der Waals surface area contributed by atoms with Crippen molar-refractivity contribution in [3.05, 3.63) is 29.3 Å². The number of likely N-dealkylation sites (N-methyl/N-ethyl adjacent to an activating group) is 2. The van der Waals surface area contributed by atoms with Crippen molar-refractivity contribution in [2.24, 2.45) is 0 Å². The fourth-order valence-corrected chi connectivity index (χ4v) is 3.00. The van der Waals surface area contributed by atoms with Crippen LogP contribution >= 0.6 is 0 Å². The van der Waals surface area contributed by atoms with Gasteiger partial charge in [-0.05, 0) is 58.1 Å². The number of anilines is 1. The molecular weight excluding hydrogens is 234 g/mol. The molecule has 1 fully saturated rings. The molecular formula is C16H27N3. The Hall–Kier alpha value is -1.06. The number of aryl methyl sites for hydroxylation is 2. The summed E-state index contributed by atoms with van der Waals surface area (Å²) < 4.78 is 0. The molecule has 0 aromatic heterocycles. The lowest BCUT2D eigenvalue weighted by Gasteiger charge is -2.34. The summed E-state index contributed by atoms with van der Waals surface area (Å²) in [6.45, 7) is 8.92. The average molecular weight is 261 g/mol. The highest BCUT2D eigenvalue weighted by Gasteiger charge is 2.24. The van der Waals surface area contributed by atoms with Gasteiger partial charge in [0.1, 0.15) is 0 Å². The Bertz CT molecular complexity index is 416. The molecule has 1 heterocycles. The van der Waals surface area contributed by atoms with Crippen LogP contribution in [0.1, 0.15) is 17.5 Å². The zero-order valence-corrected chi connectivity index (χ0v) is 12.7. The Morgan fingerprint density at radius 3 is 2.79 bits per heavy atom. The fraction of sp³-hybridized carbons (Fsp3) is 0.625. The Morgan fingerprint density at radius 1 is 1.26 bits per heavy atom. The van der Waals surface area contributed by atoms with Gasteiger partial charge in [0.2, 0.25) is 0 Å². The number of benzene rings is 1. The Kier molecular flexibility index (Phi) is 4.83. The first-order valence-electron chi connectivity index (χ1n) is 7.29. The van der Waals surface area contributed by atoms with Crippen LogP contribution in [0.15, 0.2) is 18.2 Å². The first-order chi connectivity index (χ1) is 9.11. The number of hydrogen-bond acceptors (Lipinski definition) is 3. The van der Waals surface area contributed by atoms with Crippen molar-refractivity contribution in [1.82, 2.24) is 10.2 Å². The van der Waals surface area contributed by atoms with E-state index in [1.807, 2.05) is 7.05 Å². The highest BCUT2D eigenvalue weighted by atomic mass is 15.2. The quantitative estimate of drug-likeness (QED) is 0.898. The highest BCUT2D eigenvalue weighted by molar-refractivity contribution is 5.56. The topological polar surface area (TPSA) is 18.5 Å². The maximum absolute atomic E-state index is 3.35. The van der Waals surface area contributed by atoms with Gasteiger partial charge in [0, 0.05) is 25.3 Å². The molecule has 1 aliphatic heterocycles. The lowest BCUT2D eigenvalue weighted by Crippen LogP contribution is -2.46. The van der Waals surface area contributed by atoms with Crippen LogP contribution in [-0.4, -0.2) is 51.2 Å². The van der Waals surface area contributed by atoms with Crippen molar-refractivity contribution in [2.75, 3.05) is 45.2 Å². The molecule has 1 aliphatic rings. The molecule has 19 heavy (non-hydrogen) atoms. The lowest BCUT2D eigenvalue weighted by atomic mass is 10.1. The molecule has 0 aliphatic carbocycles. The van der Waals surface area contributed by atoms with E-state index in [4.69, 9.17) is 0 Å². The normalized spacial score (nSPS) is 21.5. The van der Waals surface area contributed by atoms with Crippen molar-refractivity contribution < 1.29 is 0 Å². The molecule has 0 saturated carbocycles. The van der Waals surface area contributed by atoms with Gasteiger partial charge in [0.05, 0.1) is 6.04 Å². The van der Waals surface area contributed by atoms with Crippen molar-refractivity contribution in [3.8, 4) is 0 Å². The first kappa shape index (κ1) is 14.4.